The van der Waals surface area contributed by atoms with Gasteiger partial charge in [0, 0.05) is 17.4 Å². The maximum absolute atomic E-state index is 12.0. The lowest BCUT2D eigenvalue weighted by atomic mass is 10.2. The molecule has 0 radical (unpaired) electrons. The average molecular weight is 347 g/mol. The zero-order valence-electron chi connectivity index (χ0n) is 9.76. The van der Waals surface area contributed by atoms with E-state index in [1.807, 2.05) is 6.07 Å². The van der Waals surface area contributed by atoms with Crippen LogP contribution in [0.3, 0.4) is 0 Å². The number of nitrogens with zero attached hydrogens (tertiary/aromatic N) is 1. The third kappa shape index (κ3) is 4.31. The Morgan fingerprint density at radius 1 is 1.47 bits per heavy atom. The van der Waals surface area contributed by atoms with Crippen LogP contribution in [0.15, 0.2) is 27.6 Å². The molecule has 0 fully saturated rings. The Morgan fingerprint density at radius 2 is 2.16 bits per heavy atom. The zero-order chi connectivity index (χ0) is 14.5. The molecule has 0 spiro atoms. The molecule has 0 atom stereocenters. The van der Waals surface area contributed by atoms with E-state index in [4.69, 9.17) is 10.4 Å². The van der Waals surface area contributed by atoms with E-state index in [1.165, 1.54) is 12.1 Å². The number of sulfonamides is 1. The van der Waals surface area contributed by atoms with E-state index in [9.17, 15) is 13.2 Å². The van der Waals surface area contributed by atoms with Gasteiger partial charge in [0.2, 0.25) is 10.0 Å². The highest BCUT2D eigenvalue weighted by Gasteiger charge is 2.19. The molecule has 1 aromatic rings. The molecule has 0 aliphatic heterocycles. The second-order valence-electron chi connectivity index (χ2n) is 3.61. The number of hydrogen-bond donors (Lipinski definition) is 2. The molecular formula is C11H11BrN2O4S. The number of nitrogens with one attached hydrogen (secondary N) is 1. The number of aromatic carboxylic acids is 1. The summed E-state index contributed by atoms with van der Waals surface area (Å²) in [7, 11) is -3.80. The fraction of sp³-hybridized carbons (Fsp3) is 0.273. The Kier molecular flexibility index (Phi) is 5.47. The summed E-state index contributed by atoms with van der Waals surface area (Å²) in [6.07, 6.45) is 0.644. The largest absolute Gasteiger partial charge is 0.478 e. The van der Waals surface area contributed by atoms with Crippen LogP contribution in [0.4, 0.5) is 0 Å². The van der Waals surface area contributed by atoms with E-state index in [2.05, 4.69) is 20.7 Å². The minimum atomic E-state index is -3.80. The first-order valence-electron chi connectivity index (χ1n) is 5.28. The summed E-state index contributed by atoms with van der Waals surface area (Å²) < 4.78 is 26.5. The van der Waals surface area contributed by atoms with Gasteiger partial charge in [0.05, 0.1) is 16.5 Å². The molecule has 6 nitrogen and oxygen atoms in total. The third-order valence-electron chi connectivity index (χ3n) is 2.23. The van der Waals surface area contributed by atoms with Crippen molar-refractivity contribution in [3.8, 4) is 6.07 Å². The lowest BCUT2D eigenvalue weighted by Gasteiger charge is -2.08. The molecule has 1 aromatic carbocycles. The summed E-state index contributed by atoms with van der Waals surface area (Å²) >= 11 is 3.07. The van der Waals surface area contributed by atoms with Crippen molar-refractivity contribution < 1.29 is 18.3 Å². The monoisotopic (exact) mass is 346 g/mol. The number of benzene rings is 1. The summed E-state index contributed by atoms with van der Waals surface area (Å²) in [5.41, 5.74) is -0.111. The van der Waals surface area contributed by atoms with Gasteiger partial charge in [-0.25, -0.2) is 17.9 Å². The first-order valence-corrected chi connectivity index (χ1v) is 7.55. The van der Waals surface area contributed by atoms with Gasteiger partial charge in [-0.1, -0.05) is 0 Å². The fourth-order valence-electron chi connectivity index (χ4n) is 1.29. The number of rotatable bonds is 6. The third-order valence-corrected chi connectivity index (χ3v) is 4.68. The van der Waals surface area contributed by atoms with E-state index in [1.54, 1.807) is 0 Å². The van der Waals surface area contributed by atoms with E-state index >= 15 is 0 Å². The summed E-state index contributed by atoms with van der Waals surface area (Å²) in [5, 5.41) is 17.2. The molecule has 1 rings (SSSR count). The van der Waals surface area contributed by atoms with Crippen molar-refractivity contribution >= 4 is 31.9 Å². The molecule has 0 heterocycles. The maximum atomic E-state index is 12.0. The molecule has 0 bridgehead atoms. The maximum Gasteiger partial charge on any atom is 0.335 e. The molecule has 19 heavy (non-hydrogen) atoms. The molecule has 0 aliphatic carbocycles. The average Bonchev–Trinajstić information content (AvgIpc) is 2.34. The second kappa shape index (κ2) is 6.65. The van der Waals surface area contributed by atoms with Crippen molar-refractivity contribution in [2.45, 2.75) is 17.7 Å². The smallest absolute Gasteiger partial charge is 0.335 e. The number of nitriles is 1. The first-order chi connectivity index (χ1) is 8.88. The number of carbonyl (C=O) groups is 1. The lowest BCUT2D eigenvalue weighted by molar-refractivity contribution is 0.0696. The molecule has 0 aliphatic rings. The van der Waals surface area contributed by atoms with Gasteiger partial charge in [-0.05, 0) is 40.5 Å². The van der Waals surface area contributed by atoms with Crippen LogP contribution in [0.25, 0.3) is 0 Å². The number of carboxylic acid groups (broad SMARTS) is 1. The van der Waals surface area contributed by atoms with Gasteiger partial charge in [-0.3, -0.25) is 0 Å². The molecule has 0 saturated heterocycles. The van der Waals surface area contributed by atoms with E-state index < -0.39 is 16.0 Å². The Hall–Kier alpha value is -1.43. The molecule has 0 aromatic heterocycles. The van der Waals surface area contributed by atoms with E-state index in [0.717, 1.165) is 6.07 Å². The van der Waals surface area contributed by atoms with Crippen LogP contribution < -0.4 is 4.72 Å². The molecule has 0 saturated carbocycles. The first kappa shape index (κ1) is 15.6. The van der Waals surface area contributed by atoms with Crippen LogP contribution in [0, 0.1) is 11.3 Å². The van der Waals surface area contributed by atoms with Gasteiger partial charge in [0.25, 0.3) is 0 Å². The van der Waals surface area contributed by atoms with Gasteiger partial charge in [0.1, 0.15) is 0 Å². The second-order valence-corrected chi connectivity index (χ2v) is 6.20. The lowest BCUT2D eigenvalue weighted by Crippen LogP contribution is -2.25. The van der Waals surface area contributed by atoms with Crippen molar-refractivity contribution in [1.82, 2.24) is 4.72 Å². The van der Waals surface area contributed by atoms with Crippen molar-refractivity contribution in [2.24, 2.45) is 0 Å². The normalized spacial score (nSPS) is 10.9. The predicted molar refractivity (Wildman–Crippen MR) is 71.1 cm³/mol. The summed E-state index contributed by atoms with van der Waals surface area (Å²) in [6, 6.07) is 5.66. The van der Waals surface area contributed by atoms with Gasteiger partial charge in [-0.15, -0.1) is 0 Å². The van der Waals surface area contributed by atoms with Crippen LogP contribution in [0.1, 0.15) is 23.2 Å². The minimum Gasteiger partial charge on any atom is -0.478 e. The number of hydrogen-bond acceptors (Lipinski definition) is 4. The van der Waals surface area contributed by atoms with Crippen LogP contribution in [-0.2, 0) is 10.0 Å². The Balaban J connectivity index is 2.97. The van der Waals surface area contributed by atoms with Crippen molar-refractivity contribution in [3.05, 3.63) is 28.2 Å². The standard InChI is InChI=1S/C11H11BrN2O4S/c12-9-4-3-8(11(15)16)7-10(9)19(17,18)14-6-2-1-5-13/h3-4,7,14H,1-2,6H2,(H,15,16). The highest BCUT2D eigenvalue weighted by molar-refractivity contribution is 9.10. The van der Waals surface area contributed by atoms with Crippen LogP contribution in [-0.4, -0.2) is 26.0 Å². The predicted octanol–water partition coefficient (Wildman–Crippen LogP) is 1.73. The van der Waals surface area contributed by atoms with Gasteiger partial charge < -0.3 is 5.11 Å². The van der Waals surface area contributed by atoms with Crippen LogP contribution in [0.2, 0.25) is 0 Å². The van der Waals surface area contributed by atoms with Crippen LogP contribution >= 0.6 is 15.9 Å². The fourth-order valence-corrected chi connectivity index (χ4v) is 3.36. The SMILES string of the molecule is N#CCCCNS(=O)(=O)c1cc(C(=O)O)ccc1Br. The van der Waals surface area contributed by atoms with Gasteiger partial charge in [0.15, 0.2) is 0 Å². The number of carboxylic acids is 1. The van der Waals surface area contributed by atoms with Crippen LogP contribution in [0.5, 0.6) is 0 Å². The number of unbranched alkanes of at least 4 members (excludes halogenated alkanes) is 1. The summed E-state index contributed by atoms with van der Waals surface area (Å²) in [6.45, 7) is 0.125. The molecule has 0 amide bonds. The molecule has 102 valence electrons. The zero-order valence-corrected chi connectivity index (χ0v) is 12.2. The molecule has 0 unspecified atom stereocenters. The van der Waals surface area contributed by atoms with Gasteiger partial charge in [-0.2, -0.15) is 5.26 Å². The topological polar surface area (TPSA) is 107 Å². The highest BCUT2D eigenvalue weighted by atomic mass is 79.9. The Morgan fingerprint density at radius 3 is 2.74 bits per heavy atom. The Bertz CT molecular complexity index is 622. The highest BCUT2D eigenvalue weighted by Crippen LogP contribution is 2.23. The molecular weight excluding hydrogens is 336 g/mol. The van der Waals surface area contributed by atoms with Crippen molar-refractivity contribution in [1.29, 1.82) is 5.26 Å². The van der Waals surface area contributed by atoms with Gasteiger partial charge >= 0.3 is 5.97 Å². The molecule has 8 heteroatoms. The minimum absolute atomic E-state index is 0.111. The van der Waals surface area contributed by atoms with E-state index in [-0.39, 0.29) is 27.9 Å². The number of halogens is 1. The quantitative estimate of drug-likeness (QED) is 0.762. The summed E-state index contributed by atoms with van der Waals surface area (Å²) in [5.74, 6) is -1.20. The van der Waals surface area contributed by atoms with Crippen molar-refractivity contribution in [2.75, 3.05) is 6.54 Å². The Labute approximate surface area is 119 Å². The molecule has 2 N–H and O–H groups in total. The van der Waals surface area contributed by atoms with E-state index in [0.29, 0.717) is 6.42 Å². The van der Waals surface area contributed by atoms with Crippen molar-refractivity contribution in [3.63, 3.8) is 0 Å². The summed E-state index contributed by atoms with van der Waals surface area (Å²) in [4.78, 5) is 10.7.